The second-order valence-electron chi connectivity index (χ2n) is 5.88. The van der Waals surface area contributed by atoms with E-state index in [9.17, 15) is 18.0 Å². The number of halogens is 3. The number of pyridine rings is 1. The first kappa shape index (κ1) is 19.6. The third-order valence-electron chi connectivity index (χ3n) is 3.99. The summed E-state index contributed by atoms with van der Waals surface area (Å²) in [6.45, 7) is 0.372. The van der Waals surface area contributed by atoms with E-state index in [-0.39, 0.29) is 30.3 Å². The van der Waals surface area contributed by atoms with Crippen LogP contribution in [-0.4, -0.2) is 31.2 Å². The highest BCUT2D eigenvalue weighted by molar-refractivity contribution is 6.11. The van der Waals surface area contributed by atoms with Crippen molar-refractivity contribution in [3.8, 4) is 5.75 Å². The Morgan fingerprint density at radius 2 is 1.89 bits per heavy atom. The fourth-order valence-electron chi connectivity index (χ4n) is 2.65. The number of benzene rings is 2. The van der Waals surface area contributed by atoms with Crippen LogP contribution in [0, 0.1) is 0 Å². The summed E-state index contributed by atoms with van der Waals surface area (Å²) in [6.07, 6.45) is -3.08. The summed E-state index contributed by atoms with van der Waals surface area (Å²) in [6, 6.07) is 11.8. The van der Waals surface area contributed by atoms with E-state index in [4.69, 9.17) is 9.47 Å². The monoisotopic (exact) mass is 390 g/mol. The zero-order valence-corrected chi connectivity index (χ0v) is 14.9. The summed E-state index contributed by atoms with van der Waals surface area (Å²) < 4.78 is 49.6. The number of amides is 1. The fraction of sp³-hybridized carbons (Fsp3) is 0.200. The van der Waals surface area contributed by atoms with E-state index < -0.39 is 17.6 Å². The summed E-state index contributed by atoms with van der Waals surface area (Å²) in [7, 11) is 1.48. The van der Waals surface area contributed by atoms with Crippen molar-refractivity contribution < 1.29 is 27.4 Å². The zero-order valence-electron chi connectivity index (χ0n) is 14.9. The molecule has 3 rings (SSSR count). The standard InChI is InChI=1S/C20H17F3N2O3/c1-27-10-11-28-17-7-6-14(20(21,22)23)12-16(17)25-19(26)18-15-5-3-2-4-13(15)8-9-24-18/h2-9,12H,10-11H2,1H3,(H,25,26). The molecule has 1 heterocycles. The van der Waals surface area contributed by atoms with Crippen molar-refractivity contribution >= 4 is 22.4 Å². The minimum Gasteiger partial charge on any atom is -0.489 e. The third-order valence-corrected chi connectivity index (χ3v) is 3.99. The van der Waals surface area contributed by atoms with Crippen molar-refractivity contribution in [1.82, 2.24) is 4.98 Å². The minimum atomic E-state index is -4.55. The van der Waals surface area contributed by atoms with Gasteiger partial charge in [-0.05, 0) is 29.7 Å². The van der Waals surface area contributed by atoms with Crippen LogP contribution in [0.15, 0.2) is 54.7 Å². The highest BCUT2D eigenvalue weighted by Gasteiger charge is 2.31. The molecule has 8 heteroatoms. The Bertz CT molecular complexity index is 985. The summed E-state index contributed by atoms with van der Waals surface area (Å²) in [5.74, 6) is -0.522. The molecule has 0 aliphatic carbocycles. The van der Waals surface area contributed by atoms with Crippen molar-refractivity contribution in [3.05, 3.63) is 66.0 Å². The fourth-order valence-corrected chi connectivity index (χ4v) is 2.65. The average Bonchev–Trinajstić information content (AvgIpc) is 2.68. The van der Waals surface area contributed by atoms with Crippen molar-refractivity contribution in [2.75, 3.05) is 25.6 Å². The lowest BCUT2D eigenvalue weighted by Gasteiger charge is -2.15. The molecule has 0 saturated heterocycles. The molecule has 5 nitrogen and oxygen atoms in total. The Labute approximate surface area is 159 Å². The molecule has 1 aromatic heterocycles. The van der Waals surface area contributed by atoms with E-state index >= 15 is 0 Å². The van der Waals surface area contributed by atoms with Crippen LogP contribution in [-0.2, 0) is 10.9 Å². The smallest absolute Gasteiger partial charge is 0.416 e. The maximum Gasteiger partial charge on any atom is 0.416 e. The van der Waals surface area contributed by atoms with Gasteiger partial charge < -0.3 is 14.8 Å². The van der Waals surface area contributed by atoms with Crippen molar-refractivity contribution in [3.63, 3.8) is 0 Å². The summed E-state index contributed by atoms with van der Waals surface area (Å²) in [5, 5.41) is 3.88. The Morgan fingerprint density at radius 1 is 1.11 bits per heavy atom. The van der Waals surface area contributed by atoms with Gasteiger partial charge in [-0.1, -0.05) is 24.3 Å². The molecule has 1 N–H and O–H groups in total. The number of anilines is 1. The number of nitrogens with one attached hydrogen (secondary N) is 1. The number of aromatic nitrogens is 1. The number of carbonyl (C=O) groups excluding carboxylic acids is 1. The van der Waals surface area contributed by atoms with Gasteiger partial charge in [0.2, 0.25) is 0 Å². The van der Waals surface area contributed by atoms with Crippen molar-refractivity contribution in [2.24, 2.45) is 0 Å². The third kappa shape index (κ3) is 4.40. The molecule has 0 aliphatic heterocycles. The number of carbonyl (C=O) groups is 1. The van der Waals surface area contributed by atoms with E-state index in [0.29, 0.717) is 5.39 Å². The molecule has 0 bridgehead atoms. The van der Waals surface area contributed by atoms with Gasteiger partial charge in [0.15, 0.2) is 0 Å². The van der Waals surface area contributed by atoms with Gasteiger partial charge in [0, 0.05) is 18.7 Å². The lowest BCUT2D eigenvalue weighted by molar-refractivity contribution is -0.137. The van der Waals surface area contributed by atoms with Gasteiger partial charge in [-0.15, -0.1) is 0 Å². The normalized spacial score (nSPS) is 11.4. The van der Waals surface area contributed by atoms with Crippen molar-refractivity contribution in [1.29, 1.82) is 0 Å². The number of fused-ring (bicyclic) bond motifs is 1. The average molecular weight is 390 g/mol. The minimum absolute atomic E-state index is 0.0920. The SMILES string of the molecule is COCCOc1ccc(C(F)(F)F)cc1NC(=O)c1nccc2ccccc12. The molecule has 0 spiro atoms. The maximum atomic E-state index is 13.1. The Hall–Kier alpha value is -3.13. The molecular formula is C20H17F3N2O3. The second kappa shape index (κ2) is 8.26. The van der Waals surface area contributed by atoms with Gasteiger partial charge in [-0.3, -0.25) is 9.78 Å². The van der Waals surface area contributed by atoms with Gasteiger partial charge in [-0.25, -0.2) is 0 Å². The highest BCUT2D eigenvalue weighted by Crippen LogP contribution is 2.35. The summed E-state index contributed by atoms with van der Waals surface area (Å²) in [5.41, 5.74) is -0.878. The van der Waals surface area contributed by atoms with E-state index in [1.807, 2.05) is 12.1 Å². The Balaban J connectivity index is 1.95. The van der Waals surface area contributed by atoms with Crippen molar-refractivity contribution in [2.45, 2.75) is 6.18 Å². The molecular weight excluding hydrogens is 373 g/mol. The predicted molar refractivity (Wildman–Crippen MR) is 98.5 cm³/mol. The molecule has 0 aliphatic rings. The maximum absolute atomic E-state index is 13.1. The first-order valence-electron chi connectivity index (χ1n) is 8.38. The number of rotatable bonds is 6. The first-order chi connectivity index (χ1) is 13.4. The van der Waals surface area contributed by atoms with E-state index in [2.05, 4.69) is 10.3 Å². The molecule has 3 aromatic rings. The number of nitrogens with zero attached hydrogens (tertiary/aromatic N) is 1. The second-order valence-corrected chi connectivity index (χ2v) is 5.88. The van der Waals surface area contributed by atoms with Gasteiger partial charge in [0.05, 0.1) is 17.9 Å². The van der Waals surface area contributed by atoms with Crippen LogP contribution in [0.4, 0.5) is 18.9 Å². The largest absolute Gasteiger partial charge is 0.489 e. The summed E-state index contributed by atoms with van der Waals surface area (Å²) >= 11 is 0. The lowest BCUT2D eigenvalue weighted by atomic mass is 10.1. The quantitative estimate of drug-likeness (QED) is 0.628. The van der Waals surface area contributed by atoms with Crippen LogP contribution in [0.25, 0.3) is 10.8 Å². The molecule has 1 amide bonds. The Kier molecular flexibility index (Phi) is 5.79. The number of methoxy groups -OCH3 is 1. The van der Waals surface area contributed by atoms with Crippen LogP contribution >= 0.6 is 0 Å². The first-order valence-corrected chi connectivity index (χ1v) is 8.38. The molecule has 0 saturated carbocycles. The summed E-state index contributed by atoms with van der Waals surface area (Å²) in [4.78, 5) is 16.8. The predicted octanol–water partition coefficient (Wildman–Crippen LogP) is 4.53. The number of hydrogen-bond donors (Lipinski definition) is 1. The topological polar surface area (TPSA) is 60.5 Å². The molecule has 2 aromatic carbocycles. The zero-order chi connectivity index (χ0) is 20.1. The van der Waals surface area contributed by atoms with Crippen LogP contribution in [0.1, 0.15) is 16.1 Å². The van der Waals surface area contributed by atoms with E-state index in [1.165, 1.54) is 19.4 Å². The van der Waals surface area contributed by atoms with Gasteiger partial charge in [0.1, 0.15) is 18.1 Å². The van der Waals surface area contributed by atoms with Crippen LogP contribution in [0.3, 0.4) is 0 Å². The molecule has 146 valence electrons. The van der Waals surface area contributed by atoms with E-state index in [1.54, 1.807) is 18.2 Å². The molecule has 0 atom stereocenters. The van der Waals surface area contributed by atoms with Gasteiger partial charge >= 0.3 is 6.18 Å². The van der Waals surface area contributed by atoms with Gasteiger partial charge in [-0.2, -0.15) is 13.2 Å². The lowest BCUT2D eigenvalue weighted by Crippen LogP contribution is -2.16. The van der Waals surface area contributed by atoms with Crippen LogP contribution in [0.5, 0.6) is 5.75 Å². The van der Waals surface area contributed by atoms with E-state index in [0.717, 1.165) is 17.5 Å². The highest BCUT2D eigenvalue weighted by atomic mass is 19.4. The molecule has 28 heavy (non-hydrogen) atoms. The van der Waals surface area contributed by atoms with Gasteiger partial charge in [0.25, 0.3) is 5.91 Å². The number of ether oxygens (including phenoxy) is 2. The molecule has 0 radical (unpaired) electrons. The number of hydrogen-bond acceptors (Lipinski definition) is 4. The van der Waals surface area contributed by atoms with Crippen LogP contribution in [0.2, 0.25) is 0 Å². The molecule has 0 unspecified atom stereocenters. The molecule has 0 fully saturated rings. The number of alkyl halides is 3. The van der Waals surface area contributed by atoms with Crippen LogP contribution < -0.4 is 10.1 Å². The Morgan fingerprint density at radius 3 is 2.64 bits per heavy atom.